The van der Waals surface area contributed by atoms with Gasteiger partial charge in [0.25, 0.3) is 0 Å². The molecule has 7 heteroatoms. The number of carbonyl (C=O) groups is 2. The van der Waals surface area contributed by atoms with Crippen molar-refractivity contribution in [2.45, 2.75) is 26.4 Å². The van der Waals surface area contributed by atoms with E-state index in [1.807, 2.05) is 0 Å². The zero-order valence-electron chi connectivity index (χ0n) is 10.8. The average molecular weight is 267 g/mol. The van der Waals surface area contributed by atoms with Crippen molar-refractivity contribution >= 4 is 17.5 Å². The maximum absolute atomic E-state index is 13.4. The maximum Gasteiger partial charge on any atom is 0.363 e. The summed E-state index contributed by atoms with van der Waals surface area (Å²) in [5.41, 5.74) is -2.05. The Morgan fingerprint density at radius 2 is 2.05 bits per heavy atom. The summed E-state index contributed by atoms with van der Waals surface area (Å²) < 4.78 is 18.4. The number of Topliss-reactive ketones (excluding diaryl/α,β-unsaturated/α-hetero) is 1. The molecule has 0 spiro atoms. The van der Waals surface area contributed by atoms with Gasteiger partial charge in [0.2, 0.25) is 11.5 Å². The van der Waals surface area contributed by atoms with Crippen LogP contribution in [0.4, 0.5) is 4.39 Å². The zero-order chi connectivity index (χ0) is 14.6. The third-order valence-electron chi connectivity index (χ3n) is 1.91. The van der Waals surface area contributed by atoms with E-state index in [9.17, 15) is 14.0 Å². The molecule has 0 aliphatic carbocycles. The number of rotatable bonds is 3. The normalized spacial score (nSPS) is 12.1. The van der Waals surface area contributed by atoms with Gasteiger partial charge in [-0.3, -0.25) is 4.79 Å². The van der Waals surface area contributed by atoms with Gasteiger partial charge in [0.05, 0.1) is 0 Å². The van der Waals surface area contributed by atoms with E-state index in [-0.39, 0.29) is 0 Å². The lowest BCUT2D eigenvalue weighted by Gasteiger charge is -2.19. The summed E-state index contributed by atoms with van der Waals surface area (Å²) in [5, 5.41) is 3.08. The highest BCUT2D eigenvalue weighted by Gasteiger charge is 2.29. The van der Waals surface area contributed by atoms with Gasteiger partial charge in [-0.2, -0.15) is 5.10 Å². The van der Waals surface area contributed by atoms with Crippen molar-refractivity contribution < 1.29 is 18.7 Å². The summed E-state index contributed by atoms with van der Waals surface area (Å²) in [5.74, 6) is 2.09. The Morgan fingerprint density at radius 1 is 1.42 bits per heavy atom. The number of hydrogen-bond acceptors (Lipinski definition) is 6. The number of aromatic nitrogens is 1. The molecule has 0 aliphatic rings. The summed E-state index contributed by atoms with van der Waals surface area (Å²) in [6.45, 7) is 4.85. The van der Waals surface area contributed by atoms with Gasteiger partial charge >= 0.3 is 5.97 Å². The Labute approximate surface area is 109 Å². The van der Waals surface area contributed by atoms with Crippen molar-refractivity contribution in [3.8, 4) is 0 Å². The van der Waals surface area contributed by atoms with E-state index in [0.29, 0.717) is 0 Å². The first kappa shape index (κ1) is 14.7. The first-order valence-electron chi connectivity index (χ1n) is 5.42. The number of carbonyl (C=O) groups excluding carboxylic acids is 2. The van der Waals surface area contributed by atoms with Crippen molar-refractivity contribution in [2.75, 3.05) is 0 Å². The standard InChI is InChI=1S/C12H14FN3O3/c1-12(2,3)19-11(18)9(16-14)10(17)8-7(13)5-4-6-15-8/h4-6H,14H2,1-3H3/b16-9-. The quantitative estimate of drug-likeness (QED) is 0.221. The molecule has 0 fully saturated rings. The fourth-order valence-corrected chi connectivity index (χ4v) is 1.20. The molecule has 0 unspecified atom stereocenters. The fourth-order valence-electron chi connectivity index (χ4n) is 1.20. The molecule has 19 heavy (non-hydrogen) atoms. The molecule has 0 atom stereocenters. The molecule has 0 saturated carbocycles. The van der Waals surface area contributed by atoms with Crippen LogP contribution in [0.3, 0.4) is 0 Å². The van der Waals surface area contributed by atoms with Gasteiger partial charge in [-0.25, -0.2) is 14.2 Å². The highest BCUT2D eigenvalue weighted by Crippen LogP contribution is 2.10. The van der Waals surface area contributed by atoms with Crippen molar-refractivity contribution in [3.05, 3.63) is 29.8 Å². The Kier molecular flexibility index (Phi) is 4.31. The van der Waals surface area contributed by atoms with E-state index < -0.39 is 34.6 Å². The number of esters is 1. The molecule has 0 amide bonds. The largest absolute Gasteiger partial charge is 0.455 e. The monoisotopic (exact) mass is 267 g/mol. The molecular formula is C12H14FN3O3. The van der Waals surface area contributed by atoms with Crippen LogP contribution in [0, 0.1) is 5.82 Å². The van der Waals surface area contributed by atoms with Crippen LogP contribution >= 0.6 is 0 Å². The van der Waals surface area contributed by atoms with Crippen LogP contribution in [-0.2, 0) is 9.53 Å². The number of ether oxygens (including phenoxy) is 1. The molecule has 0 bridgehead atoms. The van der Waals surface area contributed by atoms with Crippen molar-refractivity contribution in [2.24, 2.45) is 10.9 Å². The van der Waals surface area contributed by atoms with Crippen molar-refractivity contribution in [1.82, 2.24) is 4.98 Å². The molecule has 6 nitrogen and oxygen atoms in total. The lowest BCUT2D eigenvalue weighted by molar-refractivity contribution is -0.145. The van der Waals surface area contributed by atoms with E-state index in [4.69, 9.17) is 10.6 Å². The number of nitrogens with two attached hydrogens (primary N) is 1. The second kappa shape index (κ2) is 5.55. The number of halogens is 1. The topological polar surface area (TPSA) is 94.6 Å². The summed E-state index contributed by atoms with van der Waals surface area (Å²) >= 11 is 0. The molecule has 0 aromatic carbocycles. The van der Waals surface area contributed by atoms with Crippen LogP contribution in [0.2, 0.25) is 0 Å². The van der Waals surface area contributed by atoms with Gasteiger partial charge in [-0.05, 0) is 32.9 Å². The van der Waals surface area contributed by atoms with Crippen LogP contribution in [0.15, 0.2) is 23.4 Å². The number of hydrazone groups is 1. The molecule has 1 aromatic rings. The van der Waals surface area contributed by atoms with E-state index in [0.717, 1.165) is 6.07 Å². The molecule has 1 rings (SSSR count). The Bertz CT molecular complexity index is 535. The van der Waals surface area contributed by atoms with E-state index >= 15 is 0 Å². The molecular weight excluding hydrogens is 253 g/mol. The molecule has 1 aromatic heterocycles. The lowest BCUT2D eigenvalue weighted by atomic mass is 10.1. The lowest BCUT2D eigenvalue weighted by Crippen LogP contribution is -2.34. The van der Waals surface area contributed by atoms with Crippen molar-refractivity contribution in [3.63, 3.8) is 0 Å². The number of hydrogen-bond donors (Lipinski definition) is 1. The highest BCUT2D eigenvalue weighted by molar-refractivity contribution is 6.67. The maximum atomic E-state index is 13.4. The second-order valence-corrected chi connectivity index (χ2v) is 4.64. The van der Waals surface area contributed by atoms with Crippen LogP contribution < -0.4 is 5.84 Å². The van der Waals surface area contributed by atoms with E-state index in [2.05, 4.69) is 10.1 Å². The zero-order valence-corrected chi connectivity index (χ0v) is 10.8. The number of pyridine rings is 1. The minimum absolute atomic E-state index is 0.530. The van der Waals surface area contributed by atoms with E-state index in [1.165, 1.54) is 12.3 Å². The van der Waals surface area contributed by atoms with Crippen LogP contribution in [0.5, 0.6) is 0 Å². The summed E-state index contributed by atoms with van der Waals surface area (Å²) in [7, 11) is 0. The first-order valence-corrected chi connectivity index (χ1v) is 5.42. The average Bonchev–Trinajstić information content (AvgIpc) is 2.27. The second-order valence-electron chi connectivity index (χ2n) is 4.64. The van der Waals surface area contributed by atoms with Crippen molar-refractivity contribution in [1.29, 1.82) is 0 Å². The minimum atomic E-state index is -1.02. The van der Waals surface area contributed by atoms with E-state index in [1.54, 1.807) is 20.8 Å². The summed E-state index contributed by atoms with van der Waals surface area (Å²) in [4.78, 5) is 27.2. The predicted molar refractivity (Wildman–Crippen MR) is 66.0 cm³/mol. The fraction of sp³-hybridized carbons (Fsp3) is 0.333. The first-order chi connectivity index (χ1) is 8.76. The van der Waals surface area contributed by atoms with Gasteiger partial charge in [0.1, 0.15) is 11.3 Å². The molecule has 2 N–H and O–H groups in total. The SMILES string of the molecule is CC(C)(C)OC(=O)/C(=N\N)C(=O)c1ncccc1F. The molecule has 1 heterocycles. The smallest absolute Gasteiger partial charge is 0.363 e. The third kappa shape index (κ3) is 3.84. The van der Waals surface area contributed by atoms with Gasteiger partial charge in [-0.1, -0.05) is 0 Å². The van der Waals surface area contributed by atoms with Crippen LogP contribution in [0.25, 0.3) is 0 Å². The molecule has 0 radical (unpaired) electrons. The minimum Gasteiger partial charge on any atom is -0.455 e. The summed E-state index contributed by atoms with van der Waals surface area (Å²) in [6, 6.07) is 2.36. The predicted octanol–water partition coefficient (Wildman–Crippen LogP) is 1.06. The van der Waals surface area contributed by atoms with Crippen LogP contribution in [0.1, 0.15) is 31.3 Å². The van der Waals surface area contributed by atoms with Gasteiger partial charge in [0, 0.05) is 6.20 Å². The number of nitrogens with zero attached hydrogens (tertiary/aromatic N) is 2. The van der Waals surface area contributed by atoms with Gasteiger partial charge < -0.3 is 10.6 Å². The molecule has 102 valence electrons. The summed E-state index contributed by atoms with van der Waals surface area (Å²) in [6.07, 6.45) is 1.22. The van der Waals surface area contributed by atoms with Gasteiger partial charge in [0.15, 0.2) is 5.82 Å². The molecule has 0 saturated heterocycles. The Hall–Kier alpha value is -2.31. The Balaban J connectivity index is 3.03. The number of ketones is 1. The molecule has 0 aliphatic heterocycles. The van der Waals surface area contributed by atoms with Crippen LogP contribution in [-0.4, -0.2) is 28.0 Å². The Morgan fingerprint density at radius 3 is 2.53 bits per heavy atom. The third-order valence-corrected chi connectivity index (χ3v) is 1.91. The highest BCUT2D eigenvalue weighted by atomic mass is 19.1. The van der Waals surface area contributed by atoms with Gasteiger partial charge in [-0.15, -0.1) is 0 Å².